The lowest BCUT2D eigenvalue weighted by Gasteiger charge is -2.17. The summed E-state index contributed by atoms with van der Waals surface area (Å²) in [6.45, 7) is -1.18. The number of anilines is 1. The van der Waals surface area contributed by atoms with Crippen molar-refractivity contribution in [1.82, 2.24) is 24.1 Å². The summed E-state index contributed by atoms with van der Waals surface area (Å²) in [5.74, 6) is 0.253. The smallest absolute Gasteiger partial charge is 0.384 e. The molecule has 0 unspecified atom stereocenters. The van der Waals surface area contributed by atoms with E-state index in [0.717, 1.165) is 22.9 Å². The van der Waals surface area contributed by atoms with Gasteiger partial charge >= 0.3 is 19.7 Å². The van der Waals surface area contributed by atoms with Gasteiger partial charge in [0.1, 0.15) is 18.1 Å². The lowest BCUT2D eigenvalue weighted by atomic mass is 10.1. The second kappa shape index (κ2) is 9.39. The van der Waals surface area contributed by atoms with Crippen molar-refractivity contribution in [3.8, 4) is 16.9 Å². The number of alkyl halides is 3. The van der Waals surface area contributed by atoms with E-state index in [1.807, 2.05) is 0 Å². The van der Waals surface area contributed by atoms with E-state index < -0.39 is 37.5 Å². The average Bonchev–Trinajstić information content (AvgIpc) is 2.88. The molecule has 0 radical (unpaired) electrons. The molecule has 0 fully saturated rings. The van der Waals surface area contributed by atoms with Gasteiger partial charge in [0.2, 0.25) is 0 Å². The summed E-state index contributed by atoms with van der Waals surface area (Å²) in [5, 5.41) is -0.270. The molecular weight excluding hydrogens is 544 g/mol. The number of halogens is 3. The predicted molar refractivity (Wildman–Crippen MR) is 133 cm³/mol. The van der Waals surface area contributed by atoms with E-state index in [-0.39, 0.29) is 33.4 Å². The molecule has 0 bridgehead atoms. The van der Waals surface area contributed by atoms with Crippen LogP contribution in [-0.2, 0) is 22.0 Å². The molecule has 12 nitrogen and oxygen atoms in total. The van der Waals surface area contributed by atoms with Gasteiger partial charge in [-0.05, 0) is 42.5 Å². The molecule has 5 aromatic rings. The van der Waals surface area contributed by atoms with Crippen LogP contribution in [0.4, 0.5) is 19.0 Å². The molecule has 4 heterocycles. The fourth-order valence-electron chi connectivity index (χ4n) is 3.91. The number of nitrogen functional groups attached to an aromatic ring is 1. The minimum Gasteiger partial charge on any atom is -0.384 e. The van der Waals surface area contributed by atoms with E-state index in [2.05, 4.69) is 19.5 Å². The molecule has 0 aliphatic rings. The Morgan fingerprint density at radius 1 is 1.03 bits per heavy atom. The number of pyridine rings is 3. The van der Waals surface area contributed by atoms with Gasteiger partial charge in [0.25, 0.3) is 5.56 Å². The van der Waals surface area contributed by atoms with Gasteiger partial charge in [0.15, 0.2) is 0 Å². The SMILES string of the molecule is Nc1ccc(-c2ccc3ncc4c(=O)n(COP(=O)(O)O)c(=O)n(-c5cccc(C(F)(F)F)c5)c4c3n2)cn1. The van der Waals surface area contributed by atoms with Crippen LogP contribution in [0.2, 0.25) is 0 Å². The van der Waals surface area contributed by atoms with Crippen molar-refractivity contribution < 1.29 is 32.0 Å². The molecular formula is C23H16F3N6O6P. The van der Waals surface area contributed by atoms with Crippen molar-refractivity contribution in [2.45, 2.75) is 12.9 Å². The minimum absolute atomic E-state index is 0.00325. The molecule has 0 spiro atoms. The van der Waals surface area contributed by atoms with Crippen LogP contribution in [0.15, 0.2) is 70.5 Å². The first-order chi connectivity index (χ1) is 18.3. The third kappa shape index (κ3) is 5.03. The monoisotopic (exact) mass is 560 g/mol. The van der Waals surface area contributed by atoms with Gasteiger partial charge in [-0.15, -0.1) is 0 Å². The van der Waals surface area contributed by atoms with Crippen molar-refractivity contribution in [2.24, 2.45) is 0 Å². The first kappa shape index (κ1) is 26.2. The summed E-state index contributed by atoms with van der Waals surface area (Å²) in [6.07, 6.45) is -2.23. The second-order valence-electron chi connectivity index (χ2n) is 8.20. The van der Waals surface area contributed by atoms with Crippen LogP contribution in [0.3, 0.4) is 0 Å². The van der Waals surface area contributed by atoms with Crippen molar-refractivity contribution in [2.75, 3.05) is 5.73 Å². The summed E-state index contributed by atoms with van der Waals surface area (Å²) in [4.78, 5) is 57.7. The van der Waals surface area contributed by atoms with Crippen molar-refractivity contribution in [1.29, 1.82) is 0 Å². The molecule has 16 heteroatoms. The number of benzene rings is 1. The Kier molecular flexibility index (Phi) is 6.31. The highest BCUT2D eigenvalue weighted by molar-refractivity contribution is 7.46. The lowest BCUT2D eigenvalue weighted by Crippen LogP contribution is -2.40. The van der Waals surface area contributed by atoms with Gasteiger partial charge in [0, 0.05) is 18.0 Å². The normalized spacial score (nSPS) is 12.3. The maximum Gasteiger partial charge on any atom is 0.471 e. The highest BCUT2D eigenvalue weighted by atomic mass is 31.2. The van der Waals surface area contributed by atoms with Crippen LogP contribution in [0.5, 0.6) is 0 Å². The predicted octanol–water partition coefficient (Wildman–Crippen LogP) is 2.83. The van der Waals surface area contributed by atoms with Gasteiger partial charge in [-0.1, -0.05) is 6.07 Å². The van der Waals surface area contributed by atoms with Gasteiger partial charge < -0.3 is 15.5 Å². The Morgan fingerprint density at radius 2 is 1.79 bits per heavy atom. The lowest BCUT2D eigenvalue weighted by molar-refractivity contribution is -0.137. The molecule has 200 valence electrons. The van der Waals surface area contributed by atoms with Gasteiger partial charge in [-0.3, -0.25) is 18.9 Å². The molecule has 0 amide bonds. The first-order valence-electron chi connectivity index (χ1n) is 10.9. The van der Waals surface area contributed by atoms with E-state index in [0.29, 0.717) is 21.9 Å². The maximum absolute atomic E-state index is 13.6. The zero-order valence-electron chi connectivity index (χ0n) is 19.4. The van der Waals surface area contributed by atoms with E-state index >= 15 is 0 Å². The Balaban J connectivity index is 1.89. The Labute approximate surface area is 215 Å². The molecule has 0 aliphatic heterocycles. The summed E-state index contributed by atoms with van der Waals surface area (Å²) in [7, 11) is -5.13. The number of nitrogens with zero attached hydrogens (tertiary/aromatic N) is 5. The topological polar surface area (TPSA) is 175 Å². The Morgan fingerprint density at radius 3 is 2.46 bits per heavy atom. The quantitative estimate of drug-likeness (QED) is 0.214. The first-order valence-corrected chi connectivity index (χ1v) is 12.4. The minimum atomic E-state index is -5.13. The van der Waals surface area contributed by atoms with Gasteiger partial charge in [0.05, 0.1) is 33.4 Å². The van der Waals surface area contributed by atoms with Crippen LogP contribution in [-0.4, -0.2) is 33.9 Å². The molecule has 4 aromatic heterocycles. The van der Waals surface area contributed by atoms with E-state index in [4.69, 9.17) is 15.5 Å². The van der Waals surface area contributed by atoms with Crippen LogP contribution in [0.25, 0.3) is 38.9 Å². The van der Waals surface area contributed by atoms with Crippen molar-refractivity contribution in [3.63, 3.8) is 0 Å². The molecule has 0 aliphatic carbocycles. The number of nitrogens with two attached hydrogens (primary N) is 1. The van der Waals surface area contributed by atoms with E-state index in [1.165, 1.54) is 24.4 Å². The standard InChI is InChI=1S/C23H16F3N6O6P/c24-23(25,26)13-2-1-3-14(8-13)32-20-15(21(33)31(22(32)34)11-38-39(35,36)37)10-28-17-6-5-16(30-19(17)20)12-4-7-18(27)29-9-12/h1-10H,11H2,(H2,27,29)(H2,35,36,37). The number of hydrogen-bond acceptors (Lipinski definition) is 8. The third-order valence-electron chi connectivity index (χ3n) is 5.68. The fraction of sp³-hybridized carbons (Fsp3) is 0.0870. The van der Waals surface area contributed by atoms with Gasteiger partial charge in [-0.25, -0.2) is 23.9 Å². The molecule has 1 aromatic carbocycles. The molecule has 0 atom stereocenters. The Bertz CT molecular complexity index is 1920. The van der Waals surface area contributed by atoms with Crippen LogP contribution in [0.1, 0.15) is 5.56 Å². The zero-order chi connectivity index (χ0) is 28.1. The summed E-state index contributed by atoms with van der Waals surface area (Å²) < 4.78 is 57.3. The van der Waals surface area contributed by atoms with Crippen LogP contribution in [0, 0.1) is 0 Å². The average molecular weight is 560 g/mol. The highest BCUT2D eigenvalue weighted by Gasteiger charge is 2.31. The molecule has 0 saturated carbocycles. The number of phosphoric ester groups is 1. The fourth-order valence-corrected chi connectivity index (χ4v) is 4.18. The van der Waals surface area contributed by atoms with Crippen LogP contribution < -0.4 is 17.0 Å². The second-order valence-corrected chi connectivity index (χ2v) is 9.44. The number of rotatable bonds is 5. The zero-order valence-corrected chi connectivity index (χ0v) is 20.3. The number of phosphoric acid groups is 1. The molecule has 4 N–H and O–H groups in total. The van der Waals surface area contributed by atoms with E-state index in [9.17, 15) is 27.3 Å². The number of hydrogen-bond donors (Lipinski definition) is 3. The van der Waals surface area contributed by atoms with E-state index in [1.54, 1.807) is 12.1 Å². The summed E-state index contributed by atoms with van der Waals surface area (Å²) in [6, 6.07) is 10.1. The summed E-state index contributed by atoms with van der Waals surface area (Å²) >= 11 is 0. The molecule has 39 heavy (non-hydrogen) atoms. The third-order valence-corrected chi connectivity index (χ3v) is 6.13. The molecule has 0 saturated heterocycles. The van der Waals surface area contributed by atoms with Crippen molar-refractivity contribution >= 4 is 35.6 Å². The Hall–Kier alpha value is -4.43. The van der Waals surface area contributed by atoms with Crippen molar-refractivity contribution in [3.05, 3.63) is 87.3 Å². The highest BCUT2D eigenvalue weighted by Crippen LogP contribution is 2.36. The van der Waals surface area contributed by atoms with Gasteiger partial charge in [-0.2, -0.15) is 13.2 Å². The summed E-state index contributed by atoms with van der Waals surface area (Å²) in [5.41, 5.74) is 2.86. The molecule has 5 rings (SSSR count). The largest absolute Gasteiger partial charge is 0.471 e. The van der Waals surface area contributed by atoms with Crippen LogP contribution >= 0.6 is 7.82 Å². The number of aromatic nitrogens is 5. The number of fused-ring (bicyclic) bond motifs is 3. The maximum atomic E-state index is 13.6.